The molecule has 0 amide bonds. The van der Waals surface area contributed by atoms with Crippen molar-refractivity contribution in [1.29, 1.82) is 0 Å². The van der Waals surface area contributed by atoms with Gasteiger partial charge < -0.3 is 0 Å². The molecule has 8 aromatic carbocycles. The van der Waals surface area contributed by atoms with E-state index in [1.54, 1.807) is 0 Å². The Morgan fingerprint density at radius 1 is 0.236 bits per heavy atom. The van der Waals surface area contributed by atoms with Gasteiger partial charge in [-0.2, -0.15) is 0 Å². The van der Waals surface area contributed by atoms with Gasteiger partial charge in [0, 0.05) is 64.6 Å². The summed E-state index contributed by atoms with van der Waals surface area (Å²) in [5.41, 5.74) is 9.12. The van der Waals surface area contributed by atoms with E-state index in [4.69, 9.17) is 0 Å². The summed E-state index contributed by atoms with van der Waals surface area (Å²) in [4.78, 5) is 0. The average Bonchev–Trinajstić information content (AvgIpc) is 3.31. The first-order chi connectivity index (χ1) is 34.2. The van der Waals surface area contributed by atoms with Gasteiger partial charge in [-0.25, -0.2) is 0 Å². The molecule has 0 fully saturated rings. The van der Waals surface area contributed by atoms with Crippen LogP contribution in [0.15, 0.2) is 97.1 Å². The standard InChI is InChI=1S/C72H60/c1-69(2,3)61-37-29-49-33-41-65-53-21-22-54(66(65)42-34-50-30-38-62(70(4,5)6)46-58(50)18-14-13-17-57(49)45-61)27-28-56-24-23-55(26-25-53)67-43-35-51-31-39-63(71(7,8)9)47-59(51)19-15-16-20-60-48-64(72(10,11)12)40-32-52(60)36-44-68(56)67/h21-24,29-32,37-40,45-48H,25-28H2,1-12H3. The van der Waals surface area contributed by atoms with Gasteiger partial charge >= 0.3 is 0 Å². The van der Waals surface area contributed by atoms with Gasteiger partial charge in [-0.1, -0.05) is 204 Å². The Labute approximate surface area is 431 Å². The first kappa shape index (κ1) is 48.8. The first-order valence-corrected chi connectivity index (χ1v) is 25.2. The third-order valence-electron chi connectivity index (χ3n) is 13.8. The van der Waals surface area contributed by atoms with E-state index in [2.05, 4.69) is 277 Å². The van der Waals surface area contributed by atoms with Crippen LogP contribution in [-0.2, 0) is 47.3 Å². The molecule has 0 radical (unpaired) electrons. The second-order valence-electron chi connectivity index (χ2n) is 23.3. The van der Waals surface area contributed by atoms with Gasteiger partial charge in [0.25, 0.3) is 0 Å². The fourth-order valence-electron chi connectivity index (χ4n) is 9.13. The number of hydrogen-bond acceptors (Lipinski definition) is 0. The van der Waals surface area contributed by atoms with Crippen LogP contribution < -0.4 is 0 Å². The van der Waals surface area contributed by atoms with E-state index >= 15 is 0 Å². The number of rotatable bonds is 0. The summed E-state index contributed by atoms with van der Waals surface area (Å²) in [5.74, 6) is 0. The fraction of sp³-hybridized carbons (Fsp3) is 0.278. The third kappa shape index (κ3) is 10.7. The molecule has 0 heteroatoms. The van der Waals surface area contributed by atoms with Crippen molar-refractivity contribution in [1.82, 2.24) is 0 Å². The summed E-state index contributed by atoms with van der Waals surface area (Å²) >= 11 is 0. The van der Waals surface area contributed by atoms with Gasteiger partial charge in [0.2, 0.25) is 0 Å². The number of hydrogen-bond donors (Lipinski definition) is 0. The smallest absolute Gasteiger partial charge is 0.0440 e. The van der Waals surface area contributed by atoms with Crippen molar-refractivity contribution in [2.45, 2.75) is 130 Å². The van der Waals surface area contributed by atoms with Gasteiger partial charge in [0.05, 0.1) is 0 Å². The van der Waals surface area contributed by atoms with Crippen LogP contribution in [0.25, 0.3) is 64.6 Å². The maximum absolute atomic E-state index is 3.73. The Bertz CT molecular complexity index is 3180. The average molecular weight is 925 g/mol. The lowest BCUT2D eigenvalue weighted by molar-refractivity contribution is 0.591. The Balaban J connectivity index is 1.33. The van der Waals surface area contributed by atoms with Crippen LogP contribution in [0.1, 0.15) is 128 Å². The Morgan fingerprint density at radius 3 is 0.639 bits per heavy atom. The van der Waals surface area contributed by atoms with Crippen molar-refractivity contribution in [2.24, 2.45) is 0 Å². The molecule has 72 heavy (non-hydrogen) atoms. The van der Waals surface area contributed by atoms with Crippen LogP contribution in [0, 0.1) is 97.1 Å². The highest BCUT2D eigenvalue weighted by Crippen LogP contribution is 2.31. The lowest BCUT2D eigenvalue weighted by Crippen LogP contribution is -2.10. The van der Waals surface area contributed by atoms with Crippen molar-refractivity contribution < 1.29 is 0 Å². The van der Waals surface area contributed by atoms with E-state index in [9.17, 15) is 0 Å². The Kier molecular flexibility index (Phi) is 13.0. The molecule has 0 saturated carbocycles. The highest BCUT2D eigenvalue weighted by molar-refractivity contribution is 5.90. The monoisotopic (exact) mass is 924 g/mol. The molecule has 348 valence electrons. The second-order valence-corrected chi connectivity index (χ2v) is 23.3. The van der Waals surface area contributed by atoms with Crippen LogP contribution in [0.3, 0.4) is 0 Å². The van der Waals surface area contributed by atoms with E-state index in [1.807, 2.05) is 0 Å². The molecule has 8 aromatic rings. The molecule has 0 N–H and O–H groups in total. The quantitative estimate of drug-likeness (QED) is 0.142. The third-order valence-corrected chi connectivity index (χ3v) is 13.8. The molecule has 0 nitrogen and oxygen atoms in total. The first-order valence-electron chi connectivity index (χ1n) is 25.2. The van der Waals surface area contributed by atoms with Gasteiger partial charge in [-0.05, 0) is 165 Å². The summed E-state index contributed by atoms with van der Waals surface area (Å²) in [6, 6.07) is 90.8. The summed E-state index contributed by atoms with van der Waals surface area (Å²) < 4.78 is 0. The van der Waals surface area contributed by atoms with E-state index in [0.29, 0.717) is 0 Å². The van der Waals surface area contributed by atoms with Gasteiger partial charge in [-0.15, -0.1) is 0 Å². The molecule has 2 aliphatic carbocycles. The Hall–Kier alpha value is -8.20. The highest BCUT2D eigenvalue weighted by atomic mass is 14.2. The molecule has 2 aliphatic rings. The minimum Gasteiger partial charge on any atom is -0.0603 e. The van der Waals surface area contributed by atoms with Crippen molar-refractivity contribution >= 4 is 64.6 Å². The van der Waals surface area contributed by atoms with Gasteiger partial charge in [-0.3, -0.25) is 0 Å². The number of fused-ring (bicyclic) bond motifs is 8. The maximum Gasteiger partial charge on any atom is 0.0440 e. The minimum absolute atomic E-state index is 0.0597. The highest BCUT2D eigenvalue weighted by Gasteiger charge is 2.18. The van der Waals surface area contributed by atoms with Crippen LogP contribution in [-0.4, -0.2) is 0 Å². The number of benzene rings is 6. The topological polar surface area (TPSA) is 0 Å². The molecule has 0 aliphatic heterocycles. The maximum atomic E-state index is 3.73. The van der Waals surface area contributed by atoms with E-state index in [-0.39, 0.29) is 21.7 Å². The van der Waals surface area contributed by atoms with Crippen molar-refractivity contribution in [2.75, 3.05) is 0 Å². The summed E-state index contributed by atoms with van der Waals surface area (Å²) in [6.07, 6.45) is 2.88. The largest absolute Gasteiger partial charge is 0.0603 e. The molecule has 0 saturated heterocycles. The van der Waals surface area contributed by atoms with Crippen LogP contribution >= 0.6 is 0 Å². The number of aryl methyl sites for hydroxylation is 4. The van der Waals surface area contributed by atoms with Crippen LogP contribution in [0.5, 0.6) is 0 Å². The lowest BCUT2D eigenvalue weighted by Gasteiger charge is -2.18. The van der Waals surface area contributed by atoms with Crippen LogP contribution in [0.4, 0.5) is 0 Å². The molecular formula is C72H60. The van der Waals surface area contributed by atoms with Crippen LogP contribution in [0.2, 0.25) is 0 Å². The minimum atomic E-state index is -0.0597. The van der Waals surface area contributed by atoms with Crippen molar-refractivity contribution in [3.05, 3.63) is 239 Å². The Morgan fingerprint density at radius 2 is 0.444 bits per heavy atom. The zero-order valence-electron chi connectivity index (χ0n) is 44.1. The molecular weight excluding hydrogens is 865 g/mol. The molecule has 0 spiro atoms. The molecule has 0 aromatic heterocycles. The molecule has 4 bridgehead atoms. The molecule has 10 rings (SSSR count). The second kappa shape index (κ2) is 19.2. The normalized spacial score (nSPS) is 12.2. The lowest BCUT2D eigenvalue weighted by atomic mass is 9.86. The van der Waals surface area contributed by atoms with E-state index in [1.165, 1.54) is 22.3 Å². The summed E-state index contributed by atoms with van der Waals surface area (Å²) in [7, 11) is 0. The molecule has 0 atom stereocenters. The van der Waals surface area contributed by atoms with Gasteiger partial charge in [0.1, 0.15) is 0 Å². The fourth-order valence-corrected chi connectivity index (χ4v) is 9.13. The van der Waals surface area contributed by atoms with E-state index < -0.39 is 0 Å². The summed E-state index contributed by atoms with van der Waals surface area (Å²) in [5, 5.41) is 10.8. The van der Waals surface area contributed by atoms with E-state index in [0.717, 1.165) is 113 Å². The SMILES string of the molecule is CC(C)(C)c1ccc2c#cc3c4ccc(c3c#cc3ccc(C(C)(C)C)cc3c#cc#cc2c1)CCc1ccc(c2c#cc3ccc(C(C)(C)C)cc3c#cc#cc3cc(C(C)(C)C)ccc3c#cc12)CC4. The molecule has 0 heterocycles. The predicted molar refractivity (Wildman–Crippen MR) is 299 cm³/mol. The zero-order chi connectivity index (χ0) is 51.0. The van der Waals surface area contributed by atoms with Crippen molar-refractivity contribution in [3.8, 4) is 0 Å². The zero-order valence-corrected chi connectivity index (χ0v) is 44.1. The van der Waals surface area contributed by atoms with Gasteiger partial charge in [0.15, 0.2) is 0 Å². The van der Waals surface area contributed by atoms with Crippen molar-refractivity contribution in [3.63, 3.8) is 0 Å². The molecule has 0 unspecified atom stereocenters. The predicted octanol–water partition coefficient (Wildman–Crippen LogP) is 17.0. The summed E-state index contributed by atoms with van der Waals surface area (Å²) in [6.45, 7) is 26.7.